The van der Waals surface area contributed by atoms with E-state index in [4.69, 9.17) is 0 Å². The highest BCUT2D eigenvalue weighted by Gasteiger charge is 2.34. The largest absolute Gasteiger partial charge is 0.507 e. The fourth-order valence-electron chi connectivity index (χ4n) is 5.93. The fourth-order valence-corrected chi connectivity index (χ4v) is 5.93. The Morgan fingerprint density at radius 3 is 2.51 bits per heavy atom. The number of halogens is 2. The molecule has 2 N–H and O–H groups in total. The van der Waals surface area contributed by atoms with E-state index >= 15 is 8.78 Å². The highest BCUT2D eigenvalue weighted by molar-refractivity contribution is 6.08. The van der Waals surface area contributed by atoms with Crippen LogP contribution in [0.5, 0.6) is 5.75 Å². The number of pyridine rings is 3. The third-order valence-electron chi connectivity index (χ3n) is 8.08. The molecule has 234 valence electrons. The smallest absolute Gasteiger partial charge is 0.271 e. The Morgan fingerprint density at radius 2 is 1.89 bits per heavy atom. The molecule has 4 heterocycles. The molecule has 1 aliphatic rings. The number of fused-ring (bicyclic) bond motifs is 1. The number of amides is 2. The second-order valence-electron chi connectivity index (χ2n) is 11.3. The van der Waals surface area contributed by atoms with E-state index < -0.39 is 46.1 Å². The normalized spacial score (nSPS) is 15.1. The monoisotopic (exact) mass is 616 g/mol. The van der Waals surface area contributed by atoms with Crippen LogP contribution >= 0.6 is 0 Å². The Labute approximate surface area is 258 Å². The van der Waals surface area contributed by atoms with Crippen molar-refractivity contribution in [2.45, 2.75) is 39.7 Å². The molecule has 0 aliphatic carbocycles. The van der Waals surface area contributed by atoms with Crippen molar-refractivity contribution in [3.8, 4) is 22.7 Å². The quantitative estimate of drug-likeness (QED) is 0.307. The van der Waals surface area contributed by atoms with Crippen LogP contribution in [0.3, 0.4) is 0 Å². The molecule has 4 aromatic rings. The summed E-state index contributed by atoms with van der Waals surface area (Å²) < 4.78 is 32.4. The van der Waals surface area contributed by atoms with E-state index in [0.29, 0.717) is 16.9 Å². The minimum atomic E-state index is -0.975. The second-order valence-corrected chi connectivity index (χ2v) is 11.3. The van der Waals surface area contributed by atoms with Gasteiger partial charge in [-0.3, -0.25) is 23.9 Å². The van der Waals surface area contributed by atoms with Crippen LogP contribution in [-0.4, -0.2) is 69.1 Å². The molecule has 5 rings (SSSR count). The van der Waals surface area contributed by atoms with Crippen molar-refractivity contribution in [2.24, 2.45) is 0 Å². The molecular weight excluding hydrogens is 582 g/mol. The van der Waals surface area contributed by atoms with Crippen LogP contribution in [0.15, 0.2) is 54.0 Å². The van der Waals surface area contributed by atoms with Gasteiger partial charge in [0.15, 0.2) is 11.5 Å². The lowest BCUT2D eigenvalue weighted by Gasteiger charge is -2.42. The van der Waals surface area contributed by atoms with Crippen LogP contribution in [-0.2, 0) is 4.79 Å². The van der Waals surface area contributed by atoms with Crippen LogP contribution in [0.1, 0.15) is 48.3 Å². The zero-order valence-corrected chi connectivity index (χ0v) is 25.7. The lowest BCUT2D eigenvalue weighted by atomic mass is 10.0. The van der Waals surface area contributed by atoms with Crippen molar-refractivity contribution in [1.82, 2.24) is 24.8 Å². The van der Waals surface area contributed by atoms with Crippen molar-refractivity contribution in [2.75, 3.05) is 31.6 Å². The van der Waals surface area contributed by atoms with Crippen LogP contribution in [0.2, 0.25) is 0 Å². The Morgan fingerprint density at radius 1 is 1.16 bits per heavy atom. The minimum absolute atomic E-state index is 0.0588. The number of aryl methyl sites for hydroxylation is 1. The van der Waals surface area contributed by atoms with E-state index in [9.17, 15) is 19.5 Å². The summed E-state index contributed by atoms with van der Waals surface area (Å²) in [5, 5.41) is 13.2. The molecule has 1 aliphatic heterocycles. The summed E-state index contributed by atoms with van der Waals surface area (Å²) in [6, 6.07) is 5.97. The van der Waals surface area contributed by atoms with Gasteiger partial charge in [0, 0.05) is 44.3 Å². The molecule has 1 fully saturated rings. The van der Waals surface area contributed by atoms with Crippen molar-refractivity contribution in [1.29, 1.82) is 0 Å². The zero-order chi connectivity index (χ0) is 32.7. The van der Waals surface area contributed by atoms with E-state index in [1.807, 2.05) is 20.8 Å². The number of carbonyl (C=O) groups is 2. The van der Waals surface area contributed by atoms with Gasteiger partial charge < -0.3 is 20.2 Å². The van der Waals surface area contributed by atoms with E-state index in [-0.39, 0.29) is 53.7 Å². The second kappa shape index (κ2) is 12.1. The van der Waals surface area contributed by atoms with E-state index in [0.717, 1.165) is 12.1 Å². The number of nitrogens with zero attached hydrogens (tertiary/aromatic N) is 5. The van der Waals surface area contributed by atoms with Gasteiger partial charge >= 0.3 is 0 Å². The molecule has 1 saturated heterocycles. The van der Waals surface area contributed by atoms with Crippen molar-refractivity contribution >= 4 is 28.5 Å². The van der Waals surface area contributed by atoms with Gasteiger partial charge in [0.2, 0.25) is 5.91 Å². The maximum Gasteiger partial charge on any atom is 0.271 e. The molecule has 0 bridgehead atoms. The number of piperazine rings is 1. The first kappa shape index (κ1) is 31.3. The van der Waals surface area contributed by atoms with Gasteiger partial charge in [-0.05, 0) is 55.7 Å². The third kappa shape index (κ3) is 5.30. The lowest BCUT2D eigenvalue weighted by Crippen LogP contribution is -2.54. The molecule has 45 heavy (non-hydrogen) atoms. The van der Waals surface area contributed by atoms with Crippen molar-refractivity contribution in [3.05, 3.63) is 88.0 Å². The number of nitrogens with one attached hydrogen (secondary N) is 1. The minimum Gasteiger partial charge on any atom is -0.507 e. The fraction of sp³-hybridized carbons (Fsp3) is 0.303. The number of anilines is 1. The number of aromatic hydroxyl groups is 1. The first-order valence-corrected chi connectivity index (χ1v) is 14.5. The molecule has 2 amide bonds. The summed E-state index contributed by atoms with van der Waals surface area (Å²) in [5.74, 6) is -3.55. The van der Waals surface area contributed by atoms with Crippen molar-refractivity contribution in [3.63, 3.8) is 0 Å². The SMILES string of the molecule is C=CC(=O)N1CCN(c2c(C(=O)NC)c(=O)n(-c3c(C)ccnc3C(C)C)c3nc(-c4c(O)cccc4F)c(F)cc23)[C@@H](C)C1. The predicted octanol–water partition coefficient (Wildman–Crippen LogP) is 4.45. The van der Waals surface area contributed by atoms with Crippen LogP contribution in [0.4, 0.5) is 14.5 Å². The Bertz CT molecular complexity index is 1900. The van der Waals surface area contributed by atoms with E-state index in [1.54, 1.807) is 29.0 Å². The molecule has 0 saturated carbocycles. The lowest BCUT2D eigenvalue weighted by molar-refractivity contribution is -0.126. The molecule has 1 atom stereocenters. The van der Waals surface area contributed by atoms with Crippen LogP contribution in [0, 0.1) is 18.6 Å². The highest BCUT2D eigenvalue weighted by atomic mass is 19.1. The Kier molecular flexibility index (Phi) is 8.42. The molecule has 0 spiro atoms. The standard InChI is InChI=1S/C33H34F2N6O4/c1-7-24(43)39-13-14-40(19(5)16-39)30-20-15-22(35)28(25-21(34)9-8-10-23(25)42)38-31(20)41(33(45)26(30)32(44)36-6)29-18(4)11-12-37-27(29)17(2)3/h7-12,15,17,19,42H,1,13-14,16H2,2-6H3,(H,36,44)/t19-/m0/s1. The number of benzene rings is 1. The van der Waals surface area contributed by atoms with Gasteiger partial charge in [-0.25, -0.2) is 13.8 Å². The summed E-state index contributed by atoms with van der Waals surface area (Å²) in [7, 11) is 1.39. The van der Waals surface area contributed by atoms with Crippen LogP contribution in [0.25, 0.3) is 28.0 Å². The van der Waals surface area contributed by atoms with Gasteiger partial charge in [0.05, 0.1) is 22.6 Å². The number of carbonyl (C=O) groups excluding carboxylic acids is 2. The summed E-state index contributed by atoms with van der Waals surface area (Å²) in [6.07, 6.45) is 2.83. The maximum absolute atomic E-state index is 16.1. The van der Waals surface area contributed by atoms with Gasteiger partial charge in [-0.15, -0.1) is 0 Å². The molecule has 12 heteroatoms. The number of aromatic nitrogens is 3. The first-order valence-electron chi connectivity index (χ1n) is 14.5. The van der Waals surface area contributed by atoms with Crippen molar-refractivity contribution < 1.29 is 23.5 Å². The summed E-state index contributed by atoms with van der Waals surface area (Å²) in [4.78, 5) is 53.1. The first-order chi connectivity index (χ1) is 21.4. The van der Waals surface area contributed by atoms with Gasteiger partial charge in [-0.2, -0.15) is 0 Å². The molecule has 3 aromatic heterocycles. The zero-order valence-electron chi connectivity index (χ0n) is 25.7. The molecular formula is C33H34F2N6O4. The molecule has 0 radical (unpaired) electrons. The van der Waals surface area contributed by atoms with E-state index in [2.05, 4.69) is 21.9 Å². The number of phenolic OH excluding ortho intramolecular Hbond substituents is 1. The Balaban J connectivity index is 1.96. The van der Waals surface area contributed by atoms with Crippen LogP contribution < -0.4 is 15.8 Å². The number of rotatable bonds is 6. The summed E-state index contributed by atoms with van der Waals surface area (Å²) >= 11 is 0. The number of hydrogen-bond acceptors (Lipinski definition) is 7. The highest BCUT2D eigenvalue weighted by Crippen LogP contribution is 2.39. The van der Waals surface area contributed by atoms with Gasteiger partial charge in [0.25, 0.3) is 11.5 Å². The summed E-state index contributed by atoms with van der Waals surface area (Å²) in [6.45, 7) is 11.7. The number of hydrogen-bond donors (Lipinski definition) is 2. The number of phenols is 1. The average Bonchev–Trinajstić information content (AvgIpc) is 3.00. The molecule has 0 unspecified atom stereocenters. The summed E-state index contributed by atoms with van der Waals surface area (Å²) in [5.41, 5.74) is -0.369. The maximum atomic E-state index is 16.1. The average molecular weight is 617 g/mol. The van der Waals surface area contributed by atoms with Gasteiger partial charge in [0.1, 0.15) is 22.8 Å². The Hall–Kier alpha value is -5.13. The molecule has 10 nitrogen and oxygen atoms in total. The topological polar surface area (TPSA) is 121 Å². The molecule has 1 aromatic carbocycles. The third-order valence-corrected chi connectivity index (χ3v) is 8.08. The van der Waals surface area contributed by atoms with Gasteiger partial charge in [-0.1, -0.05) is 26.5 Å². The predicted molar refractivity (Wildman–Crippen MR) is 168 cm³/mol. The van der Waals surface area contributed by atoms with E-state index in [1.165, 1.54) is 29.8 Å².